The maximum atomic E-state index is 2.81. The van der Waals surface area contributed by atoms with Gasteiger partial charge in [-0.05, 0) is 0 Å². The van der Waals surface area contributed by atoms with Gasteiger partial charge in [-0.15, -0.1) is 0 Å². The van der Waals surface area contributed by atoms with Crippen molar-refractivity contribution < 1.29 is 46.1 Å². The summed E-state index contributed by atoms with van der Waals surface area (Å²) in [6, 6.07) is 26.2. The van der Waals surface area contributed by atoms with Crippen LogP contribution in [0.4, 0.5) is 0 Å². The summed E-state index contributed by atoms with van der Waals surface area (Å²) in [5.74, 6) is 0.549. The average Bonchev–Trinajstić information content (AvgIpc) is 3.46. The molecule has 1 unspecified atom stereocenters. The van der Waals surface area contributed by atoms with Crippen LogP contribution in [0.5, 0.6) is 0 Å². The van der Waals surface area contributed by atoms with Gasteiger partial charge in [0.05, 0.1) is 0 Å². The molecule has 0 bridgehead atoms. The fraction of sp³-hybridized carbons (Fsp3) is 0.439. The molecule has 0 nitrogen and oxygen atoms in total. The molecule has 0 heterocycles. The fourth-order valence-electron chi connectivity index (χ4n) is 7.12. The van der Waals surface area contributed by atoms with E-state index in [1.165, 1.54) is 34.2 Å². The molecular weight excluding hydrogens is 655 g/mol. The van der Waals surface area contributed by atoms with Crippen molar-refractivity contribution in [2.75, 3.05) is 0 Å². The molecule has 0 N–H and O–H groups in total. The Hall–Kier alpha value is -1.53. The van der Waals surface area contributed by atoms with Gasteiger partial charge in [0.15, 0.2) is 0 Å². The predicted octanol–water partition coefficient (Wildman–Crippen LogP) is 5.50. The third-order valence-electron chi connectivity index (χ3n) is 9.48. The van der Waals surface area contributed by atoms with Crippen LogP contribution in [0.1, 0.15) is 120 Å². The van der Waals surface area contributed by atoms with E-state index in [-0.39, 0.29) is 41.1 Å². The van der Waals surface area contributed by atoms with Gasteiger partial charge in [0.25, 0.3) is 0 Å². The van der Waals surface area contributed by atoms with Gasteiger partial charge >= 0.3 is 266 Å². The number of halogens is 2. The summed E-state index contributed by atoms with van der Waals surface area (Å²) in [6.45, 7) is 26.2. The first kappa shape index (κ1) is 36.9. The van der Waals surface area contributed by atoms with Gasteiger partial charge in [-0.1, -0.05) is 0 Å². The molecule has 0 saturated heterocycles. The summed E-state index contributed by atoms with van der Waals surface area (Å²) in [4.78, 5) is 0. The second-order valence-electron chi connectivity index (χ2n) is 15.6. The summed E-state index contributed by atoms with van der Waals surface area (Å²) < 4.78 is 5.13. The van der Waals surface area contributed by atoms with E-state index in [1.54, 1.807) is 22.3 Å². The Balaban J connectivity index is 0.00000264. The third-order valence-corrected chi connectivity index (χ3v) is 17.3. The normalized spacial score (nSPS) is 16.7. The van der Waals surface area contributed by atoms with Crippen LogP contribution in [0.3, 0.4) is 0 Å². The summed E-state index contributed by atoms with van der Waals surface area (Å²) >= 11 is -2.59. The zero-order chi connectivity index (χ0) is 30.6. The van der Waals surface area contributed by atoms with Crippen LogP contribution in [0, 0.1) is 11.3 Å². The Morgan fingerprint density at radius 1 is 0.659 bits per heavy atom. The molecule has 0 aliphatic heterocycles. The molecule has 234 valence electrons. The van der Waals surface area contributed by atoms with Crippen LogP contribution in [0.15, 0.2) is 87.2 Å². The van der Waals surface area contributed by atoms with Crippen molar-refractivity contribution in [3.8, 4) is 11.1 Å². The molecule has 1 atom stereocenters. The van der Waals surface area contributed by atoms with Crippen molar-refractivity contribution in [3.05, 3.63) is 115 Å². The van der Waals surface area contributed by atoms with Crippen molar-refractivity contribution in [1.82, 2.24) is 0 Å². The predicted molar refractivity (Wildman–Crippen MR) is 181 cm³/mol. The number of fused-ring (bicyclic) bond motifs is 3. The second kappa shape index (κ2) is 13.7. The molecule has 0 amide bonds. The summed E-state index contributed by atoms with van der Waals surface area (Å²) in [5.41, 5.74) is 14.1. The van der Waals surface area contributed by atoms with E-state index in [0.29, 0.717) is 9.54 Å². The van der Waals surface area contributed by atoms with Crippen LogP contribution in [0.25, 0.3) is 11.1 Å². The topological polar surface area (TPSA) is 0 Å². The largest absolute Gasteiger partial charge is 1.00 e. The second-order valence-corrected chi connectivity index (χ2v) is 21.3. The van der Waals surface area contributed by atoms with Crippen LogP contribution in [0.2, 0.25) is 0 Å². The number of hydrogen-bond acceptors (Lipinski definition) is 0. The number of rotatable bonds is 5. The van der Waals surface area contributed by atoms with Crippen molar-refractivity contribution in [1.29, 1.82) is 0 Å². The van der Waals surface area contributed by atoms with E-state index in [0.717, 1.165) is 6.42 Å². The molecule has 0 aromatic heterocycles. The number of hydrogen-bond donors (Lipinski definition) is 0. The first-order valence-corrected chi connectivity index (χ1v) is 20.2. The van der Waals surface area contributed by atoms with Crippen molar-refractivity contribution in [2.24, 2.45) is 11.3 Å². The van der Waals surface area contributed by atoms with E-state index in [1.807, 2.05) is 3.28 Å². The van der Waals surface area contributed by atoms with E-state index in [9.17, 15) is 0 Å². The molecule has 0 fully saturated rings. The van der Waals surface area contributed by atoms with Crippen LogP contribution in [-0.4, -0.2) is 3.71 Å². The minimum Gasteiger partial charge on any atom is -1.00 e. The minimum absolute atomic E-state index is 0. The molecule has 3 heteroatoms. The number of benzene rings is 3. The standard InChI is InChI=1S/C21H25.C13H21.C7H6.2ClH.Zr/c1-20(2,3)16-7-9-18-14(12-16)11-15-13-17(21(4,5)6)8-10-19(15)18;1-6-10-8-11(7-2)12(9-10)13(3,4)5;1-7-5-3-2-4-6-7;;;/h7-13H,1-6H3;9-10H,6-7H2,1-5H3;1-6H;2*1H;/q;;;;;+2/p-2. The zero-order valence-electron chi connectivity index (χ0n) is 28.8. The first-order valence-electron chi connectivity index (χ1n) is 16.2. The molecule has 0 radical (unpaired) electrons. The Morgan fingerprint density at radius 2 is 1.16 bits per heavy atom. The molecule has 44 heavy (non-hydrogen) atoms. The van der Waals surface area contributed by atoms with Gasteiger partial charge in [-0.25, -0.2) is 0 Å². The molecule has 2 aliphatic rings. The maximum absolute atomic E-state index is 2.81. The van der Waals surface area contributed by atoms with Gasteiger partial charge in [0, 0.05) is 0 Å². The molecule has 0 saturated carbocycles. The first-order chi connectivity index (χ1) is 19.6. The Bertz CT molecular complexity index is 1520. The molecule has 3 aromatic rings. The number of allylic oxidation sites excluding steroid dienone is 4. The van der Waals surface area contributed by atoms with E-state index in [2.05, 4.69) is 153 Å². The summed E-state index contributed by atoms with van der Waals surface area (Å²) in [5, 5.41) is 0. The molecule has 0 spiro atoms. The van der Waals surface area contributed by atoms with Gasteiger partial charge in [0.1, 0.15) is 0 Å². The molecule has 2 aliphatic carbocycles. The van der Waals surface area contributed by atoms with Crippen molar-refractivity contribution >= 4 is 3.71 Å². The van der Waals surface area contributed by atoms with Gasteiger partial charge in [-0.2, -0.15) is 0 Å². The van der Waals surface area contributed by atoms with Gasteiger partial charge in [0.2, 0.25) is 0 Å². The van der Waals surface area contributed by atoms with Crippen molar-refractivity contribution in [2.45, 2.75) is 103 Å². The van der Waals surface area contributed by atoms with Crippen molar-refractivity contribution in [3.63, 3.8) is 0 Å². The molecular formula is C41H52Cl2Zr. The van der Waals surface area contributed by atoms with Gasteiger partial charge in [-0.3, -0.25) is 0 Å². The quantitative estimate of drug-likeness (QED) is 0.329. The Morgan fingerprint density at radius 3 is 1.57 bits per heavy atom. The zero-order valence-corrected chi connectivity index (χ0v) is 32.8. The van der Waals surface area contributed by atoms with Crippen LogP contribution in [-0.2, 0) is 32.1 Å². The fourth-order valence-corrected chi connectivity index (χ4v) is 16.2. The van der Waals surface area contributed by atoms with E-state index < -0.39 is 21.3 Å². The van der Waals surface area contributed by atoms with E-state index >= 15 is 0 Å². The molecule has 3 aromatic carbocycles. The van der Waals surface area contributed by atoms with Crippen LogP contribution >= 0.6 is 0 Å². The average molecular weight is 707 g/mol. The van der Waals surface area contributed by atoms with E-state index in [4.69, 9.17) is 0 Å². The smallest absolute Gasteiger partial charge is 1.00 e. The van der Waals surface area contributed by atoms with Crippen LogP contribution < -0.4 is 24.8 Å². The minimum atomic E-state index is -2.59. The maximum Gasteiger partial charge on any atom is -1.00 e. The summed E-state index contributed by atoms with van der Waals surface area (Å²) in [6.07, 6.45) is 4.99. The summed E-state index contributed by atoms with van der Waals surface area (Å²) in [7, 11) is 0. The SMILES string of the molecule is CCC1=[C](/[Zr+2](=[CH]/c2ccccc2)[CH]2c3cc(C(C)(C)C)ccc3-c3ccc(C(C)(C)C)cc32)C(CC)C=C1C(C)(C)C.[Cl-].[Cl-]. The monoisotopic (exact) mass is 704 g/mol. The van der Waals surface area contributed by atoms with Gasteiger partial charge < -0.3 is 24.8 Å². The molecule has 5 rings (SSSR count). The third kappa shape index (κ3) is 7.07. The Kier molecular flexibility index (Phi) is 11.5. The Labute approximate surface area is 288 Å².